The minimum absolute atomic E-state index is 0.158. The molecule has 0 unspecified atom stereocenters. The molecule has 0 heteroatoms. The summed E-state index contributed by atoms with van der Waals surface area (Å²) >= 11 is 0. The van der Waals surface area contributed by atoms with Crippen LogP contribution in [0.1, 0.15) is 26.0 Å². The fraction of sp³-hybridized carbons (Fsp3) is 0. The lowest BCUT2D eigenvalue weighted by molar-refractivity contribution is 1.62. The number of hydrogen-bond acceptors (Lipinski definition) is 0. The third kappa shape index (κ3) is 3.61. The first kappa shape index (κ1) is 10.8. The molecule has 40 heavy (non-hydrogen) atoms. The predicted octanol–water partition coefficient (Wildman–Crippen LogP) is 11.3. The van der Waals surface area contributed by atoms with Gasteiger partial charge in [0.2, 0.25) is 0 Å². The van der Waals surface area contributed by atoms with E-state index < -0.39 is 164 Å². The van der Waals surface area contributed by atoms with Gasteiger partial charge in [-0.2, -0.15) is 0 Å². The summed E-state index contributed by atoms with van der Waals surface area (Å²) in [5.74, 6) is 0. The first-order valence-corrected chi connectivity index (χ1v) is 12.3. The Kier molecular flexibility index (Phi) is 2.48. The monoisotopic (exact) mass is 525 g/mol. The molecule has 8 aromatic rings. The maximum absolute atomic E-state index is 9.42. The summed E-state index contributed by atoms with van der Waals surface area (Å²) < 4.78 is 170. The SMILES string of the molecule is [2H]c1c([2H])c([2H])c(-c2c3c([2H])c([2H])c([2H])c([2H])c3c(-c3c([2H])c([2H])c4c([2H])c([2H])c([2H])c([2H])c4c3[2H])c3c([2H])c([2H])c([2H])c([2H])c23)c(-c2ccc3ccccc3c2)c1[2H]. The Bertz CT molecular complexity index is 3180. The molecule has 0 fully saturated rings. The Hall–Kier alpha value is -5.20. The summed E-state index contributed by atoms with van der Waals surface area (Å²) in [6.45, 7) is 0. The largest absolute Gasteiger partial charge is 0.0636 e. The van der Waals surface area contributed by atoms with Crippen molar-refractivity contribution in [2.75, 3.05) is 0 Å². The fourth-order valence-corrected chi connectivity index (χ4v) is 5.09. The number of rotatable bonds is 3. The molecule has 0 bridgehead atoms. The Morgan fingerprint density at radius 2 is 0.950 bits per heavy atom. The van der Waals surface area contributed by atoms with E-state index in [9.17, 15) is 11.0 Å². The lowest BCUT2D eigenvalue weighted by atomic mass is 9.83. The highest BCUT2D eigenvalue weighted by atomic mass is 14.2. The van der Waals surface area contributed by atoms with Crippen LogP contribution < -0.4 is 0 Å². The van der Waals surface area contributed by atoms with Gasteiger partial charge in [0, 0.05) is 0 Å². The van der Waals surface area contributed by atoms with Gasteiger partial charge >= 0.3 is 0 Å². The van der Waals surface area contributed by atoms with Gasteiger partial charge in [-0.25, -0.2) is 0 Å². The van der Waals surface area contributed by atoms with Crippen LogP contribution in [0.15, 0.2) is 157 Å². The van der Waals surface area contributed by atoms with Gasteiger partial charge in [-0.1, -0.05) is 145 Å². The van der Waals surface area contributed by atoms with Crippen molar-refractivity contribution in [2.45, 2.75) is 0 Å². The maximum Gasteiger partial charge on any atom is 0.0636 e. The van der Waals surface area contributed by atoms with E-state index in [1.165, 1.54) is 0 Å². The number of hydrogen-bond donors (Lipinski definition) is 0. The Morgan fingerprint density at radius 1 is 0.375 bits per heavy atom. The highest BCUT2D eigenvalue weighted by molar-refractivity contribution is 6.22. The van der Waals surface area contributed by atoms with Gasteiger partial charge in [-0.05, 0) is 88.6 Å². The molecule has 0 spiro atoms. The molecular formula is C40H26. The molecule has 0 N–H and O–H groups in total. The molecule has 0 saturated carbocycles. The Balaban J connectivity index is 1.75. The maximum atomic E-state index is 9.42. The minimum atomic E-state index is -0.846. The van der Waals surface area contributed by atoms with Crippen LogP contribution >= 0.6 is 0 Å². The average Bonchev–Trinajstić information content (AvgIpc) is 3.22. The lowest BCUT2D eigenvalue weighted by Crippen LogP contribution is -1.92. The van der Waals surface area contributed by atoms with Crippen LogP contribution in [0.5, 0.6) is 0 Å². The smallest absolute Gasteiger partial charge is 0.0616 e. The van der Waals surface area contributed by atoms with E-state index in [2.05, 4.69) is 0 Å². The molecule has 0 nitrogen and oxygen atoms in total. The second-order valence-corrected chi connectivity index (χ2v) is 9.06. The van der Waals surface area contributed by atoms with Crippen LogP contribution in [0.2, 0.25) is 0 Å². The molecule has 0 saturated heterocycles. The van der Waals surface area contributed by atoms with Gasteiger partial charge in [0.05, 0.1) is 26.0 Å². The second kappa shape index (κ2) is 9.22. The average molecular weight is 526 g/mol. The first-order chi connectivity index (χ1) is 27.8. The molecule has 0 heterocycles. The van der Waals surface area contributed by atoms with E-state index in [1.807, 2.05) is 6.07 Å². The van der Waals surface area contributed by atoms with Crippen LogP contribution in [-0.2, 0) is 0 Å². The van der Waals surface area contributed by atoms with E-state index >= 15 is 0 Å². The highest BCUT2D eigenvalue weighted by Crippen LogP contribution is 2.46. The van der Waals surface area contributed by atoms with Crippen LogP contribution in [0.4, 0.5) is 0 Å². The van der Waals surface area contributed by atoms with Gasteiger partial charge in [-0.15, -0.1) is 0 Å². The van der Waals surface area contributed by atoms with Crippen LogP contribution in [0.3, 0.4) is 0 Å². The zero-order valence-electron chi connectivity index (χ0n) is 39.5. The van der Waals surface area contributed by atoms with Crippen molar-refractivity contribution in [3.8, 4) is 33.4 Å². The lowest BCUT2D eigenvalue weighted by Gasteiger charge is -2.20. The summed E-state index contributed by atoms with van der Waals surface area (Å²) in [5.41, 5.74) is -1.87. The molecule has 8 rings (SSSR count). The van der Waals surface area contributed by atoms with E-state index in [0.29, 0.717) is 5.39 Å². The van der Waals surface area contributed by atoms with Crippen LogP contribution in [-0.4, -0.2) is 0 Å². The first-order valence-electron chi connectivity index (χ1n) is 21.8. The van der Waals surface area contributed by atoms with Gasteiger partial charge < -0.3 is 0 Å². The zero-order chi connectivity index (χ0) is 43.0. The highest BCUT2D eigenvalue weighted by Gasteiger charge is 2.18. The quantitative estimate of drug-likeness (QED) is 0.201. The van der Waals surface area contributed by atoms with Crippen LogP contribution in [0, 0.1) is 0 Å². The molecule has 0 atom stereocenters. The molecule has 0 aliphatic carbocycles. The molecule has 0 amide bonds. The van der Waals surface area contributed by atoms with Gasteiger partial charge in [0.15, 0.2) is 0 Å². The molecule has 186 valence electrons. The van der Waals surface area contributed by atoms with Crippen molar-refractivity contribution in [1.82, 2.24) is 0 Å². The molecule has 0 aromatic heterocycles. The summed E-state index contributed by atoms with van der Waals surface area (Å²) in [6.07, 6.45) is 0. The summed E-state index contributed by atoms with van der Waals surface area (Å²) in [6, 6.07) is -2.51. The van der Waals surface area contributed by atoms with Crippen molar-refractivity contribution in [3.63, 3.8) is 0 Å². The Labute approximate surface area is 260 Å². The molecule has 0 radical (unpaired) electrons. The van der Waals surface area contributed by atoms with Crippen molar-refractivity contribution in [1.29, 1.82) is 0 Å². The van der Waals surface area contributed by atoms with Crippen molar-refractivity contribution < 1.29 is 26.0 Å². The molecule has 0 aliphatic heterocycles. The van der Waals surface area contributed by atoms with E-state index in [0.717, 1.165) is 5.39 Å². The molecular weight excluding hydrogens is 480 g/mol. The second-order valence-electron chi connectivity index (χ2n) is 9.06. The van der Waals surface area contributed by atoms with E-state index in [1.54, 1.807) is 36.4 Å². The van der Waals surface area contributed by atoms with Gasteiger partial charge in [-0.3, -0.25) is 0 Å². The normalized spacial score (nSPS) is 18.1. The zero-order valence-corrected chi connectivity index (χ0v) is 20.5. The molecule has 0 aliphatic rings. The summed E-state index contributed by atoms with van der Waals surface area (Å²) in [4.78, 5) is 0. The Morgan fingerprint density at radius 3 is 1.68 bits per heavy atom. The standard InChI is InChI=1S/C40H26/c1-3-13-29-25-31(23-21-27(29)11-1)33-15-5-6-16-34(33)40-37-19-9-7-17-35(37)39(36-18-8-10-20-38(36)40)32-24-22-28-12-2-4-14-30(28)26-32/h1-26H/i2D,4D,5D,6D,7D,8D,9D,10D,12D,14D,15D,16D,17D,18D,19D,20D,22D,24D,26D. The van der Waals surface area contributed by atoms with E-state index in [-0.39, 0.29) is 16.7 Å². The summed E-state index contributed by atoms with van der Waals surface area (Å²) in [7, 11) is 0. The molecule has 8 aromatic carbocycles. The third-order valence-corrected chi connectivity index (χ3v) is 6.85. The van der Waals surface area contributed by atoms with Crippen LogP contribution in [0.25, 0.3) is 76.5 Å². The van der Waals surface area contributed by atoms with Crippen molar-refractivity contribution in [3.05, 3.63) is 157 Å². The minimum Gasteiger partial charge on any atom is -0.0616 e. The van der Waals surface area contributed by atoms with E-state index in [4.69, 9.17) is 15.1 Å². The van der Waals surface area contributed by atoms with Crippen molar-refractivity contribution in [2.24, 2.45) is 0 Å². The predicted molar refractivity (Wildman–Crippen MR) is 173 cm³/mol. The number of fused-ring (bicyclic) bond motifs is 4. The summed E-state index contributed by atoms with van der Waals surface area (Å²) in [5, 5.41) is -1.58. The van der Waals surface area contributed by atoms with Gasteiger partial charge in [0.25, 0.3) is 0 Å². The fourth-order valence-electron chi connectivity index (χ4n) is 5.09. The topological polar surface area (TPSA) is 0 Å². The third-order valence-electron chi connectivity index (χ3n) is 6.85. The van der Waals surface area contributed by atoms with Crippen molar-refractivity contribution >= 4 is 43.1 Å². The number of benzene rings is 8. The van der Waals surface area contributed by atoms with Gasteiger partial charge in [0.1, 0.15) is 0 Å².